The van der Waals surface area contributed by atoms with Crippen molar-refractivity contribution in [2.45, 2.75) is 13.3 Å². The van der Waals surface area contributed by atoms with Gasteiger partial charge in [-0.3, -0.25) is 0 Å². The van der Waals surface area contributed by atoms with Gasteiger partial charge in [-0.05, 0) is 12.1 Å². The molecule has 1 N–H and O–H groups in total. The summed E-state index contributed by atoms with van der Waals surface area (Å²) in [6.45, 7) is 2.00. The van der Waals surface area contributed by atoms with E-state index in [2.05, 4.69) is 4.98 Å². The fourth-order valence-electron chi connectivity index (χ4n) is 1.98. The summed E-state index contributed by atoms with van der Waals surface area (Å²) < 4.78 is 1.93. The summed E-state index contributed by atoms with van der Waals surface area (Å²) in [4.78, 5) is 15.5. The van der Waals surface area contributed by atoms with Gasteiger partial charge in [0.15, 0.2) is 0 Å². The number of carboxylic acid groups (broad SMARTS) is 1. The van der Waals surface area contributed by atoms with Crippen LogP contribution < -0.4 is 5.01 Å². The molecule has 0 aliphatic rings. The molecule has 0 saturated carbocycles. The summed E-state index contributed by atoms with van der Waals surface area (Å²) in [5, 5.41) is 11.0. The third-order valence-electron chi connectivity index (χ3n) is 2.67. The third-order valence-corrected chi connectivity index (χ3v) is 2.67. The molecule has 0 aliphatic heterocycles. The number of benzene rings is 1. The second-order valence-electron chi connectivity index (χ2n) is 4.02. The van der Waals surface area contributed by atoms with Crippen LogP contribution in [0.5, 0.6) is 0 Å². The molecule has 0 bridgehead atoms. The molecule has 90 valence electrons. The lowest BCUT2D eigenvalue weighted by Crippen LogP contribution is -2.26. The van der Waals surface area contributed by atoms with E-state index in [9.17, 15) is 4.79 Å². The summed E-state index contributed by atoms with van der Waals surface area (Å²) >= 11 is 0. The highest BCUT2D eigenvalue weighted by Crippen LogP contribution is 2.20. The zero-order valence-electron chi connectivity index (χ0n) is 10.1. The standard InChI is InChI=1S/C12H15N3O2/c1-4-10-13-11-8(12(16)17)6-5-7-9(11)15(10)14(2)3/h5-7H,4H2,1-3H3,(H,16,17). The van der Waals surface area contributed by atoms with Gasteiger partial charge in [0.2, 0.25) is 0 Å². The van der Waals surface area contributed by atoms with Crippen LogP contribution in [0.3, 0.4) is 0 Å². The van der Waals surface area contributed by atoms with E-state index in [-0.39, 0.29) is 5.56 Å². The Morgan fingerprint density at radius 3 is 2.71 bits per heavy atom. The summed E-state index contributed by atoms with van der Waals surface area (Å²) in [7, 11) is 3.82. The average molecular weight is 233 g/mol. The molecule has 0 aliphatic carbocycles. The maximum absolute atomic E-state index is 11.1. The van der Waals surface area contributed by atoms with Crippen LogP contribution in [0, 0.1) is 0 Å². The van der Waals surface area contributed by atoms with Gasteiger partial charge in [0, 0.05) is 20.5 Å². The largest absolute Gasteiger partial charge is 0.478 e. The van der Waals surface area contributed by atoms with Crippen LogP contribution >= 0.6 is 0 Å². The lowest BCUT2D eigenvalue weighted by Gasteiger charge is -2.17. The van der Waals surface area contributed by atoms with Crippen molar-refractivity contribution >= 4 is 17.0 Å². The average Bonchev–Trinajstić information content (AvgIpc) is 2.66. The molecule has 17 heavy (non-hydrogen) atoms. The van der Waals surface area contributed by atoms with Gasteiger partial charge in [0.05, 0.1) is 11.1 Å². The highest BCUT2D eigenvalue weighted by molar-refractivity contribution is 6.01. The summed E-state index contributed by atoms with van der Waals surface area (Å²) in [5.41, 5.74) is 1.62. The van der Waals surface area contributed by atoms with E-state index in [1.165, 1.54) is 0 Å². The van der Waals surface area contributed by atoms with Crippen molar-refractivity contribution in [3.05, 3.63) is 29.6 Å². The lowest BCUT2D eigenvalue weighted by molar-refractivity contribution is 0.0699. The fraction of sp³-hybridized carbons (Fsp3) is 0.333. The molecule has 0 spiro atoms. The zero-order chi connectivity index (χ0) is 12.6. The van der Waals surface area contributed by atoms with Crippen molar-refractivity contribution < 1.29 is 9.90 Å². The summed E-state index contributed by atoms with van der Waals surface area (Å²) in [5.74, 6) is -0.0830. The van der Waals surface area contributed by atoms with Gasteiger partial charge in [-0.1, -0.05) is 13.0 Å². The number of fused-ring (bicyclic) bond motifs is 1. The molecular weight excluding hydrogens is 218 g/mol. The lowest BCUT2D eigenvalue weighted by atomic mass is 10.2. The van der Waals surface area contributed by atoms with Crippen molar-refractivity contribution in [2.75, 3.05) is 19.1 Å². The number of hydrogen-bond donors (Lipinski definition) is 1. The predicted octanol–water partition coefficient (Wildman–Crippen LogP) is 1.49. The Hall–Kier alpha value is -2.04. The number of aryl methyl sites for hydroxylation is 1. The van der Waals surface area contributed by atoms with Crippen LogP contribution in [0.25, 0.3) is 11.0 Å². The van der Waals surface area contributed by atoms with Crippen LogP contribution in [-0.2, 0) is 6.42 Å². The van der Waals surface area contributed by atoms with Crippen molar-refractivity contribution in [2.24, 2.45) is 0 Å². The first-order valence-electron chi connectivity index (χ1n) is 5.47. The number of aromatic carboxylic acids is 1. The molecule has 2 rings (SSSR count). The van der Waals surface area contributed by atoms with Gasteiger partial charge in [-0.2, -0.15) is 0 Å². The minimum atomic E-state index is -0.943. The van der Waals surface area contributed by atoms with E-state index in [4.69, 9.17) is 5.11 Å². The molecule has 0 atom stereocenters. The molecule has 2 aromatic rings. The second-order valence-corrected chi connectivity index (χ2v) is 4.02. The minimum Gasteiger partial charge on any atom is -0.478 e. The Kier molecular flexibility index (Phi) is 2.75. The fourth-order valence-corrected chi connectivity index (χ4v) is 1.98. The van der Waals surface area contributed by atoms with Crippen molar-refractivity contribution in [3.63, 3.8) is 0 Å². The van der Waals surface area contributed by atoms with Crippen LogP contribution in [0.1, 0.15) is 23.1 Å². The van der Waals surface area contributed by atoms with Gasteiger partial charge < -0.3 is 10.1 Å². The van der Waals surface area contributed by atoms with Crippen LogP contribution in [-0.4, -0.2) is 34.8 Å². The first kappa shape index (κ1) is 11.4. The van der Waals surface area contributed by atoms with Crippen molar-refractivity contribution in [1.82, 2.24) is 9.66 Å². The zero-order valence-corrected chi connectivity index (χ0v) is 10.1. The molecule has 0 unspecified atom stereocenters. The number of para-hydroxylation sites is 1. The SMILES string of the molecule is CCc1nc2c(C(=O)O)cccc2n1N(C)C. The van der Waals surface area contributed by atoms with E-state index < -0.39 is 5.97 Å². The van der Waals surface area contributed by atoms with E-state index in [1.54, 1.807) is 12.1 Å². The Balaban J connectivity index is 2.82. The van der Waals surface area contributed by atoms with Gasteiger partial charge >= 0.3 is 5.97 Å². The first-order chi connectivity index (χ1) is 8.06. The summed E-state index contributed by atoms with van der Waals surface area (Å²) in [6.07, 6.45) is 0.756. The summed E-state index contributed by atoms with van der Waals surface area (Å²) in [6, 6.07) is 5.21. The molecule has 0 amide bonds. The number of rotatable bonds is 3. The van der Waals surface area contributed by atoms with Gasteiger partial charge in [0.1, 0.15) is 11.3 Å². The number of aromatic nitrogens is 2. The smallest absolute Gasteiger partial charge is 0.337 e. The Morgan fingerprint density at radius 2 is 2.18 bits per heavy atom. The number of carboxylic acids is 1. The Bertz CT molecular complexity index is 572. The number of carbonyl (C=O) groups is 1. The van der Waals surface area contributed by atoms with E-state index >= 15 is 0 Å². The van der Waals surface area contributed by atoms with Crippen molar-refractivity contribution in [3.8, 4) is 0 Å². The maximum atomic E-state index is 11.1. The Labute approximate surface area is 99.3 Å². The van der Waals surface area contributed by atoms with Gasteiger partial charge in [0.25, 0.3) is 0 Å². The second kappa shape index (κ2) is 4.08. The van der Waals surface area contributed by atoms with Gasteiger partial charge in [-0.25, -0.2) is 14.5 Å². The normalized spacial score (nSPS) is 10.8. The van der Waals surface area contributed by atoms with Crippen LogP contribution in [0.4, 0.5) is 0 Å². The Morgan fingerprint density at radius 1 is 1.47 bits per heavy atom. The minimum absolute atomic E-state index is 0.248. The number of imidazole rings is 1. The van der Waals surface area contributed by atoms with Crippen molar-refractivity contribution in [1.29, 1.82) is 0 Å². The topological polar surface area (TPSA) is 58.4 Å². The number of nitrogens with zero attached hydrogens (tertiary/aromatic N) is 3. The third kappa shape index (κ3) is 1.73. The maximum Gasteiger partial charge on any atom is 0.337 e. The molecule has 1 heterocycles. The van der Waals surface area contributed by atoms with E-state index in [0.717, 1.165) is 17.8 Å². The molecule has 5 nitrogen and oxygen atoms in total. The highest BCUT2D eigenvalue weighted by atomic mass is 16.4. The van der Waals surface area contributed by atoms with Crippen LogP contribution in [0.15, 0.2) is 18.2 Å². The molecule has 0 saturated heterocycles. The molecular formula is C12H15N3O2. The van der Waals surface area contributed by atoms with Crippen LogP contribution in [0.2, 0.25) is 0 Å². The van der Waals surface area contributed by atoms with E-state index in [1.807, 2.05) is 36.8 Å². The first-order valence-corrected chi connectivity index (χ1v) is 5.47. The molecule has 1 aromatic heterocycles. The van der Waals surface area contributed by atoms with E-state index in [0.29, 0.717) is 5.52 Å². The molecule has 0 fully saturated rings. The van der Waals surface area contributed by atoms with Gasteiger partial charge in [-0.15, -0.1) is 0 Å². The highest BCUT2D eigenvalue weighted by Gasteiger charge is 2.16. The molecule has 1 aromatic carbocycles. The monoisotopic (exact) mass is 233 g/mol. The predicted molar refractivity (Wildman–Crippen MR) is 66.1 cm³/mol. The molecule has 0 radical (unpaired) electrons. The molecule has 5 heteroatoms. The quantitative estimate of drug-likeness (QED) is 0.872. The number of hydrogen-bond acceptors (Lipinski definition) is 3.